The quantitative estimate of drug-likeness (QED) is 0.879. The fraction of sp³-hybridized carbons (Fsp3) is 0.375. The van der Waals surface area contributed by atoms with Gasteiger partial charge in [0, 0.05) is 24.8 Å². The Balaban J connectivity index is 0.00000242. The van der Waals surface area contributed by atoms with E-state index >= 15 is 0 Å². The van der Waals surface area contributed by atoms with Crippen LogP contribution in [0.3, 0.4) is 0 Å². The summed E-state index contributed by atoms with van der Waals surface area (Å²) in [6.07, 6.45) is 0.539. The van der Waals surface area contributed by atoms with E-state index in [1.165, 1.54) is 0 Å². The third-order valence-corrected chi connectivity index (χ3v) is 3.73. The van der Waals surface area contributed by atoms with Crippen molar-refractivity contribution in [2.24, 2.45) is 12.8 Å². The van der Waals surface area contributed by atoms with E-state index in [1.54, 1.807) is 0 Å². The maximum atomic E-state index is 12.1. The Kier molecular flexibility index (Phi) is 6.59. The molecule has 1 amide bonds. The van der Waals surface area contributed by atoms with Gasteiger partial charge in [0.05, 0.1) is 11.7 Å². The van der Waals surface area contributed by atoms with Crippen LogP contribution in [0.1, 0.15) is 22.5 Å². The maximum absolute atomic E-state index is 12.1. The molecule has 0 bridgehead atoms. The van der Waals surface area contributed by atoms with Gasteiger partial charge in [-0.1, -0.05) is 30.3 Å². The number of amides is 1. The van der Waals surface area contributed by atoms with Crippen molar-refractivity contribution in [1.82, 2.24) is 15.1 Å². The molecule has 0 aliphatic carbocycles. The molecule has 1 heterocycles. The van der Waals surface area contributed by atoms with Crippen LogP contribution in [0.4, 0.5) is 0 Å². The molecule has 120 valence electrons. The van der Waals surface area contributed by atoms with E-state index in [1.807, 2.05) is 55.9 Å². The molecule has 2 aromatic rings. The van der Waals surface area contributed by atoms with Crippen LogP contribution in [0.5, 0.6) is 0 Å². The predicted molar refractivity (Wildman–Crippen MR) is 89.9 cm³/mol. The number of nitrogens with zero attached hydrogens (tertiary/aromatic N) is 2. The zero-order valence-electron chi connectivity index (χ0n) is 13.2. The van der Waals surface area contributed by atoms with Crippen molar-refractivity contribution >= 4 is 18.3 Å². The molecule has 6 heteroatoms. The van der Waals surface area contributed by atoms with Gasteiger partial charge in [-0.2, -0.15) is 5.10 Å². The Labute approximate surface area is 137 Å². The SMILES string of the molecule is Cc1nn(C)c(C)c1CNC(=O)C(N)Cc1ccccc1.Cl. The lowest BCUT2D eigenvalue weighted by Gasteiger charge is -2.12. The number of hydrogen-bond donors (Lipinski definition) is 2. The lowest BCUT2D eigenvalue weighted by molar-refractivity contribution is -0.122. The molecule has 0 fully saturated rings. The van der Waals surface area contributed by atoms with Crippen LogP contribution in [-0.2, 0) is 24.8 Å². The van der Waals surface area contributed by atoms with E-state index in [9.17, 15) is 4.79 Å². The Morgan fingerprint density at radius 3 is 2.50 bits per heavy atom. The highest BCUT2D eigenvalue weighted by Gasteiger charge is 2.15. The number of aromatic nitrogens is 2. The van der Waals surface area contributed by atoms with Crippen molar-refractivity contribution in [2.45, 2.75) is 32.9 Å². The molecular formula is C16H23ClN4O. The third-order valence-electron chi connectivity index (χ3n) is 3.73. The molecule has 0 saturated heterocycles. The molecule has 1 atom stereocenters. The summed E-state index contributed by atoms with van der Waals surface area (Å²) >= 11 is 0. The highest BCUT2D eigenvalue weighted by atomic mass is 35.5. The van der Waals surface area contributed by atoms with E-state index in [0.29, 0.717) is 13.0 Å². The number of aryl methyl sites for hydroxylation is 2. The molecule has 0 radical (unpaired) electrons. The number of carbonyl (C=O) groups is 1. The molecular weight excluding hydrogens is 300 g/mol. The molecule has 0 saturated carbocycles. The molecule has 22 heavy (non-hydrogen) atoms. The minimum atomic E-state index is -0.537. The van der Waals surface area contributed by atoms with Gasteiger partial charge >= 0.3 is 0 Å². The number of carbonyl (C=O) groups excluding carboxylic acids is 1. The Morgan fingerprint density at radius 1 is 1.32 bits per heavy atom. The largest absolute Gasteiger partial charge is 0.351 e. The zero-order chi connectivity index (χ0) is 15.4. The van der Waals surface area contributed by atoms with Crippen LogP contribution >= 0.6 is 12.4 Å². The first-order chi connectivity index (χ1) is 9.99. The first kappa shape index (κ1) is 18.2. The first-order valence-corrected chi connectivity index (χ1v) is 7.05. The molecule has 0 spiro atoms. The van der Waals surface area contributed by atoms with Gasteiger partial charge in [-0.25, -0.2) is 0 Å². The highest BCUT2D eigenvalue weighted by molar-refractivity contribution is 5.85. The molecule has 3 N–H and O–H groups in total. The number of nitrogens with one attached hydrogen (secondary N) is 1. The molecule has 1 aromatic carbocycles. The molecule has 2 rings (SSSR count). The van der Waals surface area contributed by atoms with Crippen molar-refractivity contribution in [3.8, 4) is 0 Å². The topological polar surface area (TPSA) is 72.9 Å². The van der Waals surface area contributed by atoms with Crippen molar-refractivity contribution in [1.29, 1.82) is 0 Å². The molecule has 5 nitrogen and oxygen atoms in total. The Morgan fingerprint density at radius 2 is 1.95 bits per heavy atom. The van der Waals surface area contributed by atoms with Crippen LogP contribution in [0.15, 0.2) is 30.3 Å². The number of benzene rings is 1. The van der Waals surface area contributed by atoms with Crippen LogP contribution in [0.25, 0.3) is 0 Å². The summed E-state index contributed by atoms with van der Waals surface area (Å²) in [7, 11) is 1.90. The standard InChI is InChI=1S/C16H22N4O.ClH/c1-11-14(12(2)20(3)19-11)10-18-16(21)15(17)9-13-7-5-4-6-8-13;/h4-8,15H,9-10,17H2,1-3H3,(H,18,21);1H. The lowest BCUT2D eigenvalue weighted by atomic mass is 10.1. The Hall–Kier alpha value is -1.85. The number of rotatable bonds is 5. The van der Waals surface area contributed by atoms with Crippen molar-refractivity contribution < 1.29 is 4.79 Å². The number of hydrogen-bond acceptors (Lipinski definition) is 3. The van der Waals surface area contributed by atoms with Gasteiger partial charge in [0.1, 0.15) is 0 Å². The molecule has 0 aliphatic rings. The smallest absolute Gasteiger partial charge is 0.237 e. The third kappa shape index (κ3) is 4.32. The second-order valence-electron chi connectivity index (χ2n) is 5.29. The summed E-state index contributed by atoms with van der Waals surface area (Å²) < 4.78 is 1.82. The normalized spacial score (nSPS) is 11.6. The van der Waals surface area contributed by atoms with Gasteiger partial charge < -0.3 is 11.1 Å². The molecule has 1 aromatic heterocycles. The predicted octanol–water partition coefficient (Wildman–Crippen LogP) is 1.64. The van der Waals surface area contributed by atoms with Gasteiger partial charge in [-0.3, -0.25) is 9.48 Å². The van der Waals surface area contributed by atoms with E-state index in [4.69, 9.17) is 5.73 Å². The monoisotopic (exact) mass is 322 g/mol. The summed E-state index contributed by atoms with van der Waals surface area (Å²) in [5.41, 5.74) is 10.1. The van der Waals surface area contributed by atoms with Gasteiger partial charge in [0.25, 0.3) is 0 Å². The van der Waals surface area contributed by atoms with Crippen LogP contribution in [-0.4, -0.2) is 21.7 Å². The van der Waals surface area contributed by atoms with Crippen molar-refractivity contribution in [3.63, 3.8) is 0 Å². The van der Waals surface area contributed by atoms with Gasteiger partial charge in [0.15, 0.2) is 0 Å². The summed E-state index contributed by atoms with van der Waals surface area (Å²) in [6.45, 7) is 4.40. The van der Waals surface area contributed by atoms with Crippen LogP contribution < -0.4 is 11.1 Å². The van der Waals surface area contributed by atoms with E-state index in [-0.39, 0.29) is 18.3 Å². The van der Waals surface area contributed by atoms with Crippen LogP contribution in [0.2, 0.25) is 0 Å². The van der Waals surface area contributed by atoms with Gasteiger partial charge in [0.2, 0.25) is 5.91 Å². The van der Waals surface area contributed by atoms with Crippen LogP contribution in [0, 0.1) is 13.8 Å². The fourth-order valence-corrected chi connectivity index (χ4v) is 2.34. The van der Waals surface area contributed by atoms with E-state index in [0.717, 1.165) is 22.5 Å². The Bertz CT molecular complexity index is 625. The minimum Gasteiger partial charge on any atom is -0.351 e. The average molecular weight is 323 g/mol. The number of nitrogens with two attached hydrogens (primary N) is 1. The summed E-state index contributed by atoms with van der Waals surface area (Å²) in [5.74, 6) is -0.137. The second kappa shape index (κ2) is 7.96. The second-order valence-corrected chi connectivity index (χ2v) is 5.29. The zero-order valence-corrected chi connectivity index (χ0v) is 14.0. The minimum absolute atomic E-state index is 0. The van der Waals surface area contributed by atoms with E-state index < -0.39 is 6.04 Å². The molecule has 1 unspecified atom stereocenters. The van der Waals surface area contributed by atoms with Crippen molar-refractivity contribution in [2.75, 3.05) is 0 Å². The summed E-state index contributed by atoms with van der Waals surface area (Å²) in [6, 6.07) is 9.25. The van der Waals surface area contributed by atoms with Gasteiger partial charge in [-0.05, 0) is 25.8 Å². The number of halogens is 1. The van der Waals surface area contributed by atoms with Crippen molar-refractivity contribution in [3.05, 3.63) is 52.8 Å². The first-order valence-electron chi connectivity index (χ1n) is 7.05. The molecule has 0 aliphatic heterocycles. The summed E-state index contributed by atoms with van der Waals surface area (Å²) in [5, 5.41) is 7.23. The average Bonchev–Trinajstić information content (AvgIpc) is 2.71. The lowest BCUT2D eigenvalue weighted by Crippen LogP contribution is -2.41. The fourth-order valence-electron chi connectivity index (χ4n) is 2.34. The van der Waals surface area contributed by atoms with E-state index in [2.05, 4.69) is 10.4 Å². The van der Waals surface area contributed by atoms with Gasteiger partial charge in [-0.15, -0.1) is 12.4 Å². The maximum Gasteiger partial charge on any atom is 0.237 e. The highest BCUT2D eigenvalue weighted by Crippen LogP contribution is 2.11. The summed E-state index contributed by atoms with van der Waals surface area (Å²) in [4.78, 5) is 12.1.